The van der Waals surface area contributed by atoms with Crippen LogP contribution < -0.4 is 10.1 Å². The predicted octanol–water partition coefficient (Wildman–Crippen LogP) is 3.42. The minimum Gasteiger partial charge on any atom is -0.489 e. The Morgan fingerprint density at radius 1 is 1.28 bits per heavy atom. The molecule has 1 aromatic carbocycles. The minimum atomic E-state index is -2.99. The van der Waals surface area contributed by atoms with Crippen LogP contribution in [0.15, 0.2) is 28.8 Å². The first-order valence-electron chi connectivity index (χ1n) is 9.11. The van der Waals surface area contributed by atoms with E-state index < -0.39 is 30.3 Å². The number of nitrogens with one attached hydrogen (secondary N) is 1. The number of carboxylic acids is 1. The van der Waals surface area contributed by atoms with Crippen molar-refractivity contribution < 1.29 is 32.7 Å². The van der Waals surface area contributed by atoms with E-state index in [2.05, 4.69) is 10.5 Å². The van der Waals surface area contributed by atoms with Crippen molar-refractivity contribution in [3.63, 3.8) is 0 Å². The summed E-state index contributed by atoms with van der Waals surface area (Å²) in [6, 6.07) is 6.63. The summed E-state index contributed by atoms with van der Waals surface area (Å²) >= 11 is 0. The summed E-state index contributed by atoms with van der Waals surface area (Å²) in [7, 11) is 0. The maximum atomic E-state index is 13.4. The van der Waals surface area contributed by atoms with Crippen molar-refractivity contribution in [3.8, 4) is 5.75 Å². The van der Waals surface area contributed by atoms with Gasteiger partial charge in [0.05, 0.1) is 24.1 Å². The van der Waals surface area contributed by atoms with Gasteiger partial charge in [0.15, 0.2) is 0 Å². The average Bonchev–Trinajstić information content (AvgIpc) is 2.97. The normalized spacial score (nSPS) is 13.2. The molecular formula is C20H24F2N2O5. The molecule has 0 aliphatic rings. The second kappa shape index (κ2) is 9.49. The number of amides is 1. The maximum Gasteiger partial charge on any atom is 0.305 e. The first-order chi connectivity index (χ1) is 13.7. The highest BCUT2D eigenvalue weighted by atomic mass is 19.3. The predicted molar refractivity (Wildman–Crippen MR) is 99.9 cm³/mol. The molecule has 1 aromatic heterocycles. The van der Waals surface area contributed by atoms with Gasteiger partial charge in [0.25, 0.3) is 6.43 Å². The monoisotopic (exact) mass is 410 g/mol. The number of carbonyl (C=O) groups is 2. The zero-order valence-electron chi connectivity index (χ0n) is 16.5. The number of ether oxygens (including phenoxy) is 1. The molecule has 0 aliphatic heterocycles. The fourth-order valence-electron chi connectivity index (χ4n) is 2.89. The zero-order chi connectivity index (χ0) is 21.6. The summed E-state index contributed by atoms with van der Waals surface area (Å²) in [6.07, 6.45) is -4.19. The van der Waals surface area contributed by atoms with Crippen molar-refractivity contribution in [2.24, 2.45) is 0 Å². The Bertz CT molecular complexity index is 832. The molecule has 0 saturated carbocycles. The van der Waals surface area contributed by atoms with Crippen LogP contribution in [0.4, 0.5) is 8.78 Å². The third-order valence-corrected chi connectivity index (χ3v) is 4.76. The van der Waals surface area contributed by atoms with Gasteiger partial charge >= 0.3 is 5.97 Å². The molecule has 0 radical (unpaired) electrons. The molecular weight excluding hydrogens is 386 g/mol. The van der Waals surface area contributed by atoms with Crippen LogP contribution in [0.25, 0.3) is 0 Å². The van der Waals surface area contributed by atoms with Gasteiger partial charge in [-0.15, -0.1) is 0 Å². The van der Waals surface area contributed by atoms with Gasteiger partial charge in [-0.2, -0.15) is 0 Å². The molecule has 0 bridgehead atoms. The van der Waals surface area contributed by atoms with Crippen LogP contribution in [0.2, 0.25) is 0 Å². The summed E-state index contributed by atoms with van der Waals surface area (Å²) in [4.78, 5) is 23.2. The first-order valence-corrected chi connectivity index (χ1v) is 9.11. The topological polar surface area (TPSA) is 102 Å². The molecule has 7 nitrogen and oxygen atoms in total. The lowest BCUT2D eigenvalue weighted by molar-refractivity contribution is -0.142. The third-order valence-electron chi connectivity index (χ3n) is 4.76. The number of carboxylic acid groups (broad SMARTS) is 1. The molecule has 0 aliphatic carbocycles. The Kier molecular flexibility index (Phi) is 7.30. The van der Waals surface area contributed by atoms with E-state index in [1.54, 1.807) is 31.2 Å². The van der Waals surface area contributed by atoms with E-state index in [9.17, 15) is 18.4 Å². The first kappa shape index (κ1) is 22.3. The number of aryl methyl sites for hydroxylation is 2. The van der Waals surface area contributed by atoms with Crippen molar-refractivity contribution >= 4 is 11.9 Å². The molecule has 2 N–H and O–H groups in total. The summed E-state index contributed by atoms with van der Waals surface area (Å²) in [5, 5.41) is 15.0. The van der Waals surface area contributed by atoms with Crippen molar-refractivity contribution in [2.45, 2.75) is 58.6 Å². The van der Waals surface area contributed by atoms with E-state index in [-0.39, 0.29) is 19.4 Å². The Morgan fingerprint density at radius 3 is 2.41 bits per heavy atom. The number of carbonyl (C=O) groups excluding carboxylic acids is 1. The quantitative estimate of drug-likeness (QED) is 0.622. The van der Waals surface area contributed by atoms with Gasteiger partial charge in [-0.1, -0.05) is 24.2 Å². The van der Waals surface area contributed by atoms with Crippen molar-refractivity contribution in [2.75, 3.05) is 0 Å². The molecule has 0 fully saturated rings. The van der Waals surface area contributed by atoms with Crippen LogP contribution >= 0.6 is 0 Å². The van der Waals surface area contributed by atoms with E-state index in [0.29, 0.717) is 17.1 Å². The molecule has 0 spiro atoms. The van der Waals surface area contributed by atoms with Gasteiger partial charge < -0.3 is 19.7 Å². The summed E-state index contributed by atoms with van der Waals surface area (Å²) in [6.45, 7) is 5.31. The van der Waals surface area contributed by atoms with Crippen LogP contribution in [0.5, 0.6) is 5.75 Å². The van der Waals surface area contributed by atoms with Gasteiger partial charge in [-0.05, 0) is 38.0 Å². The number of halogens is 2. The number of hydrogen-bond acceptors (Lipinski definition) is 5. The molecule has 1 amide bonds. The molecule has 158 valence electrons. The van der Waals surface area contributed by atoms with E-state index in [0.717, 1.165) is 11.3 Å². The summed E-state index contributed by atoms with van der Waals surface area (Å²) < 4.78 is 37.6. The second-order valence-electron chi connectivity index (χ2n) is 6.84. The lowest BCUT2D eigenvalue weighted by Crippen LogP contribution is -2.55. The maximum absolute atomic E-state index is 13.4. The van der Waals surface area contributed by atoms with Gasteiger partial charge in [0.2, 0.25) is 5.91 Å². The van der Waals surface area contributed by atoms with Gasteiger partial charge in [-0.3, -0.25) is 9.59 Å². The second-order valence-corrected chi connectivity index (χ2v) is 6.84. The lowest BCUT2D eigenvalue weighted by atomic mass is 9.92. The number of benzene rings is 1. The third kappa shape index (κ3) is 5.75. The molecule has 1 unspecified atom stereocenters. The highest BCUT2D eigenvalue weighted by molar-refractivity contribution is 5.80. The van der Waals surface area contributed by atoms with Crippen LogP contribution in [-0.2, 0) is 22.6 Å². The number of aromatic nitrogens is 1. The highest BCUT2D eigenvalue weighted by Crippen LogP contribution is 2.25. The van der Waals surface area contributed by atoms with Gasteiger partial charge in [-0.25, -0.2) is 8.78 Å². The highest BCUT2D eigenvalue weighted by Gasteiger charge is 2.41. The van der Waals surface area contributed by atoms with Crippen LogP contribution in [0.1, 0.15) is 42.3 Å². The van der Waals surface area contributed by atoms with E-state index in [4.69, 9.17) is 14.4 Å². The Hall–Kier alpha value is -2.97. The summed E-state index contributed by atoms with van der Waals surface area (Å²) in [5.74, 6) is -0.823. The largest absolute Gasteiger partial charge is 0.489 e. The van der Waals surface area contributed by atoms with Gasteiger partial charge in [0, 0.05) is 0 Å². The van der Waals surface area contributed by atoms with Crippen molar-refractivity contribution in [1.29, 1.82) is 0 Å². The molecule has 1 heterocycles. The van der Waals surface area contributed by atoms with Crippen LogP contribution in [-0.4, -0.2) is 34.1 Å². The Balaban J connectivity index is 1.97. The number of hydrogen-bond donors (Lipinski definition) is 2. The smallest absolute Gasteiger partial charge is 0.305 e. The van der Waals surface area contributed by atoms with Gasteiger partial charge in [0.1, 0.15) is 23.7 Å². The molecule has 2 rings (SSSR count). The fraction of sp³-hybridized carbons (Fsp3) is 0.450. The molecule has 29 heavy (non-hydrogen) atoms. The SMILES string of the molecule is CCC(CC(=O)O)(NC(=O)Cc1ccc(OCc2c(C)noc2C)cc1)C(F)F. The molecule has 0 saturated heterocycles. The number of rotatable bonds is 10. The molecule has 2 aromatic rings. The minimum absolute atomic E-state index is 0.155. The standard InChI is InChI=1S/C20H24F2N2O5/c1-4-20(19(21)22,10-18(26)27)23-17(25)9-14-5-7-15(8-6-14)28-11-16-12(2)24-29-13(16)3/h5-8,19H,4,9-11H2,1-3H3,(H,23,25)(H,26,27). The van der Waals surface area contributed by atoms with E-state index >= 15 is 0 Å². The van der Waals surface area contributed by atoms with Crippen molar-refractivity contribution in [3.05, 3.63) is 46.8 Å². The average molecular weight is 410 g/mol. The van der Waals surface area contributed by atoms with E-state index in [1.165, 1.54) is 6.92 Å². The fourth-order valence-corrected chi connectivity index (χ4v) is 2.89. The Labute approximate surface area is 167 Å². The van der Waals surface area contributed by atoms with Crippen molar-refractivity contribution in [1.82, 2.24) is 10.5 Å². The van der Waals surface area contributed by atoms with Crippen LogP contribution in [0, 0.1) is 13.8 Å². The molecule has 9 heteroatoms. The van der Waals surface area contributed by atoms with E-state index in [1.807, 2.05) is 6.92 Å². The zero-order valence-corrected chi connectivity index (χ0v) is 16.5. The summed E-state index contributed by atoms with van der Waals surface area (Å²) in [5.41, 5.74) is 0.104. The number of aliphatic carboxylic acids is 1. The lowest BCUT2D eigenvalue weighted by Gasteiger charge is -2.31. The Morgan fingerprint density at radius 2 is 1.93 bits per heavy atom. The molecule has 1 atom stereocenters. The van der Waals surface area contributed by atoms with Crippen LogP contribution in [0.3, 0.4) is 0 Å². The number of alkyl halides is 2. The number of nitrogens with zero attached hydrogens (tertiary/aromatic N) is 1.